The molecule has 0 radical (unpaired) electrons. The van der Waals surface area contributed by atoms with Crippen LogP contribution in [0.4, 0.5) is 10.1 Å². The van der Waals surface area contributed by atoms with Crippen molar-refractivity contribution >= 4 is 17.3 Å². The molecule has 0 bridgehead atoms. The summed E-state index contributed by atoms with van der Waals surface area (Å²) in [6.07, 6.45) is 1.63. The summed E-state index contributed by atoms with van der Waals surface area (Å²) in [5.41, 5.74) is 6.06. The largest absolute Gasteiger partial charge is 0.488 e. The van der Waals surface area contributed by atoms with Crippen molar-refractivity contribution in [2.24, 2.45) is 0 Å². The molecule has 2 rings (SSSR count). The maximum Gasteiger partial charge on any atom is 0.145 e. The van der Waals surface area contributed by atoms with Gasteiger partial charge in [0.1, 0.15) is 17.7 Å². The van der Waals surface area contributed by atoms with Crippen molar-refractivity contribution in [2.75, 3.05) is 18.9 Å². The molecule has 0 aliphatic carbocycles. The Morgan fingerprint density at radius 2 is 2.06 bits per heavy atom. The zero-order chi connectivity index (χ0) is 11.5. The van der Waals surface area contributed by atoms with Crippen LogP contribution >= 0.6 is 11.6 Å². The van der Waals surface area contributed by atoms with Gasteiger partial charge in [0.05, 0.1) is 23.9 Å². The van der Waals surface area contributed by atoms with E-state index >= 15 is 0 Å². The molecule has 0 atom stereocenters. The van der Waals surface area contributed by atoms with Crippen LogP contribution in [-0.2, 0) is 4.74 Å². The summed E-state index contributed by atoms with van der Waals surface area (Å²) < 4.78 is 24.0. The molecule has 1 aliphatic heterocycles. The molecule has 0 aromatic heterocycles. The summed E-state index contributed by atoms with van der Waals surface area (Å²) >= 11 is 5.60. The van der Waals surface area contributed by atoms with Gasteiger partial charge in [-0.05, 0) is 6.07 Å². The van der Waals surface area contributed by atoms with Gasteiger partial charge in [0.25, 0.3) is 0 Å². The highest BCUT2D eigenvalue weighted by Crippen LogP contribution is 2.30. The third-order valence-corrected chi connectivity index (χ3v) is 2.80. The van der Waals surface area contributed by atoms with Crippen LogP contribution in [0, 0.1) is 5.82 Å². The van der Waals surface area contributed by atoms with Gasteiger partial charge in [0, 0.05) is 18.9 Å². The molecule has 1 saturated heterocycles. The number of anilines is 1. The van der Waals surface area contributed by atoms with Crippen LogP contribution in [0.5, 0.6) is 5.75 Å². The van der Waals surface area contributed by atoms with Crippen molar-refractivity contribution in [3.8, 4) is 5.75 Å². The topological polar surface area (TPSA) is 44.5 Å². The summed E-state index contributed by atoms with van der Waals surface area (Å²) in [7, 11) is 0. The first-order valence-corrected chi connectivity index (χ1v) is 5.53. The Balaban J connectivity index is 2.11. The van der Waals surface area contributed by atoms with Crippen LogP contribution in [-0.4, -0.2) is 19.3 Å². The fourth-order valence-electron chi connectivity index (χ4n) is 1.62. The number of ether oxygens (including phenoxy) is 2. The van der Waals surface area contributed by atoms with E-state index in [4.69, 9.17) is 26.8 Å². The first-order chi connectivity index (χ1) is 7.66. The lowest BCUT2D eigenvalue weighted by atomic mass is 10.1. The Kier molecular flexibility index (Phi) is 3.51. The standard InChI is InChI=1S/C11H13ClFNO2/c12-8-5-10(14)11(6-9(8)13)16-7-1-3-15-4-2-7/h5-7H,1-4,14H2. The number of nitrogens with two attached hydrogens (primary N) is 1. The van der Waals surface area contributed by atoms with E-state index in [1.807, 2.05) is 0 Å². The second-order valence-corrected chi connectivity index (χ2v) is 4.14. The minimum Gasteiger partial charge on any atom is -0.488 e. The van der Waals surface area contributed by atoms with Gasteiger partial charge >= 0.3 is 0 Å². The summed E-state index contributed by atoms with van der Waals surface area (Å²) in [5.74, 6) is -0.160. The predicted molar refractivity (Wildman–Crippen MR) is 60.3 cm³/mol. The number of nitrogen functional groups attached to an aromatic ring is 1. The predicted octanol–water partition coefficient (Wildman–Crippen LogP) is 2.62. The van der Waals surface area contributed by atoms with E-state index in [0.717, 1.165) is 12.8 Å². The summed E-state index contributed by atoms with van der Waals surface area (Å²) in [6, 6.07) is 2.60. The molecule has 1 fully saturated rings. The van der Waals surface area contributed by atoms with Crippen LogP contribution in [0.3, 0.4) is 0 Å². The zero-order valence-electron chi connectivity index (χ0n) is 8.71. The maximum atomic E-state index is 13.2. The van der Waals surface area contributed by atoms with E-state index in [2.05, 4.69) is 0 Å². The van der Waals surface area contributed by atoms with Crippen molar-refractivity contribution in [3.63, 3.8) is 0 Å². The average Bonchev–Trinajstić information content (AvgIpc) is 2.27. The number of hydrogen-bond acceptors (Lipinski definition) is 3. The fraction of sp³-hybridized carbons (Fsp3) is 0.455. The normalized spacial score (nSPS) is 17.4. The molecule has 2 N–H and O–H groups in total. The van der Waals surface area contributed by atoms with Crippen molar-refractivity contribution in [3.05, 3.63) is 23.0 Å². The molecule has 5 heteroatoms. The molecule has 88 valence electrons. The minimum absolute atomic E-state index is 0.0110. The molecule has 0 spiro atoms. The van der Waals surface area contributed by atoms with E-state index in [1.165, 1.54) is 12.1 Å². The fourth-order valence-corrected chi connectivity index (χ4v) is 1.79. The minimum atomic E-state index is -0.516. The van der Waals surface area contributed by atoms with E-state index in [0.29, 0.717) is 24.7 Å². The second-order valence-electron chi connectivity index (χ2n) is 3.73. The van der Waals surface area contributed by atoms with E-state index < -0.39 is 5.82 Å². The summed E-state index contributed by atoms with van der Waals surface area (Å²) in [4.78, 5) is 0. The van der Waals surface area contributed by atoms with Gasteiger partial charge in [-0.1, -0.05) is 11.6 Å². The van der Waals surface area contributed by atoms with Crippen LogP contribution in [0.1, 0.15) is 12.8 Å². The highest BCUT2D eigenvalue weighted by Gasteiger charge is 2.17. The van der Waals surface area contributed by atoms with E-state index in [1.54, 1.807) is 0 Å². The van der Waals surface area contributed by atoms with Crippen LogP contribution in [0.15, 0.2) is 12.1 Å². The van der Waals surface area contributed by atoms with Crippen molar-refractivity contribution in [1.29, 1.82) is 0 Å². The van der Waals surface area contributed by atoms with Gasteiger partial charge in [-0.2, -0.15) is 0 Å². The molecule has 0 saturated carbocycles. The second kappa shape index (κ2) is 4.89. The van der Waals surface area contributed by atoms with Crippen LogP contribution in [0.25, 0.3) is 0 Å². The van der Waals surface area contributed by atoms with Gasteiger partial charge < -0.3 is 15.2 Å². The SMILES string of the molecule is Nc1cc(Cl)c(F)cc1OC1CCOCC1. The van der Waals surface area contributed by atoms with Gasteiger partial charge in [-0.25, -0.2) is 4.39 Å². The first-order valence-electron chi connectivity index (χ1n) is 5.16. The zero-order valence-corrected chi connectivity index (χ0v) is 9.47. The molecule has 1 aromatic carbocycles. The Bertz CT molecular complexity index is 380. The Morgan fingerprint density at radius 3 is 2.75 bits per heavy atom. The molecule has 1 aromatic rings. The highest BCUT2D eigenvalue weighted by molar-refractivity contribution is 6.31. The van der Waals surface area contributed by atoms with Crippen LogP contribution < -0.4 is 10.5 Å². The number of benzene rings is 1. The molecule has 3 nitrogen and oxygen atoms in total. The van der Waals surface area contributed by atoms with Crippen molar-refractivity contribution in [2.45, 2.75) is 18.9 Å². The van der Waals surface area contributed by atoms with Gasteiger partial charge in [0.15, 0.2) is 0 Å². The quantitative estimate of drug-likeness (QED) is 0.815. The van der Waals surface area contributed by atoms with E-state index in [-0.39, 0.29) is 11.1 Å². The maximum absolute atomic E-state index is 13.2. The molecule has 0 amide bonds. The Hall–Kier alpha value is -1.00. The molecule has 1 aliphatic rings. The van der Waals surface area contributed by atoms with Gasteiger partial charge in [-0.3, -0.25) is 0 Å². The highest BCUT2D eigenvalue weighted by atomic mass is 35.5. The lowest BCUT2D eigenvalue weighted by molar-refractivity contribution is 0.0257. The first kappa shape index (κ1) is 11.5. The molecule has 1 heterocycles. The lowest BCUT2D eigenvalue weighted by Crippen LogP contribution is -2.26. The number of halogens is 2. The Morgan fingerprint density at radius 1 is 1.38 bits per heavy atom. The molecule has 16 heavy (non-hydrogen) atoms. The number of hydrogen-bond donors (Lipinski definition) is 1. The average molecular weight is 246 g/mol. The van der Waals surface area contributed by atoms with Crippen LogP contribution in [0.2, 0.25) is 5.02 Å². The van der Waals surface area contributed by atoms with Gasteiger partial charge in [0.2, 0.25) is 0 Å². The molecule has 0 unspecified atom stereocenters. The summed E-state index contributed by atoms with van der Waals surface area (Å²) in [5, 5.41) is 0.0110. The van der Waals surface area contributed by atoms with Gasteiger partial charge in [-0.15, -0.1) is 0 Å². The summed E-state index contributed by atoms with van der Waals surface area (Å²) in [6.45, 7) is 1.33. The molecular formula is C11H13ClFNO2. The lowest BCUT2D eigenvalue weighted by Gasteiger charge is -2.24. The monoisotopic (exact) mass is 245 g/mol. The van der Waals surface area contributed by atoms with Crippen molar-refractivity contribution < 1.29 is 13.9 Å². The Labute approximate surface area is 98.3 Å². The van der Waals surface area contributed by atoms with Crippen molar-refractivity contribution in [1.82, 2.24) is 0 Å². The number of rotatable bonds is 2. The third-order valence-electron chi connectivity index (χ3n) is 2.51. The van der Waals surface area contributed by atoms with E-state index in [9.17, 15) is 4.39 Å². The molecular weight excluding hydrogens is 233 g/mol. The third kappa shape index (κ3) is 2.57. The smallest absolute Gasteiger partial charge is 0.145 e.